The maximum atomic E-state index is 12.9. The second kappa shape index (κ2) is 11.4. The van der Waals surface area contributed by atoms with E-state index in [1.165, 1.54) is 46.2 Å². The number of primary sulfonamides is 1. The molecule has 3 aromatic rings. The van der Waals surface area contributed by atoms with Gasteiger partial charge in [-0.15, -0.1) is 11.6 Å². The Bertz CT molecular complexity index is 1440. The zero-order valence-electron chi connectivity index (χ0n) is 19.5. The Morgan fingerprint density at radius 3 is 1.81 bits per heavy atom. The van der Waals surface area contributed by atoms with E-state index in [0.29, 0.717) is 5.57 Å². The summed E-state index contributed by atoms with van der Waals surface area (Å²) < 4.78 is 72.3. The quantitative estimate of drug-likeness (QED) is 0.348. The second-order valence-electron chi connectivity index (χ2n) is 7.47. The Hall–Kier alpha value is -3.01. The maximum absolute atomic E-state index is 12.9. The fraction of sp³-hybridized carbons (Fsp3) is 0.300. The molecule has 0 radical (unpaired) electrons. The fourth-order valence-electron chi connectivity index (χ4n) is 2.51. The number of sulfonamides is 1. The van der Waals surface area contributed by atoms with Crippen LogP contribution < -0.4 is 5.14 Å². The highest BCUT2D eigenvalue weighted by Gasteiger charge is 2.43. The summed E-state index contributed by atoms with van der Waals surface area (Å²) in [7, 11) is -7.64. The summed E-state index contributed by atoms with van der Waals surface area (Å²) in [6.45, 7) is 5.71. The summed E-state index contributed by atoms with van der Waals surface area (Å²) in [6.07, 6.45) is 6.44. The van der Waals surface area contributed by atoms with Crippen molar-refractivity contribution < 1.29 is 25.6 Å². The molecule has 3 heterocycles. The molecule has 0 aliphatic heterocycles. The van der Waals surface area contributed by atoms with Gasteiger partial charge in [-0.3, -0.25) is 0 Å². The van der Waals surface area contributed by atoms with Crippen molar-refractivity contribution in [2.75, 3.05) is 0 Å². The van der Waals surface area contributed by atoms with Crippen LogP contribution >= 0.6 is 11.6 Å². The van der Waals surface area contributed by atoms with E-state index in [2.05, 4.69) is 29.9 Å². The molecule has 194 valence electrons. The number of nitrogens with zero attached hydrogens (tertiary/aromatic N) is 6. The van der Waals surface area contributed by atoms with Crippen LogP contribution in [0.15, 0.2) is 53.3 Å². The molecule has 0 aliphatic rings. The van der Waals surface area contributed by atoms with Crippen LogP contribution in [0.2, 0.25) is 0 Å². The summed E-state index contributed by atoms with van der Waals surface area (Å²) in [6, 6.07) is 1.51. The van der Waals surface area contributed by atoms with Gasteiger partial charge in [-0.2, -0.15) is 0 Å². The highest BCUT2D eigenvalue weighted by molar-refractivity contribution is 7.93. The van der Waals surface area contributed by atoms with E-state index in [1.54, 1.807) is 0 Å². The molecule has 2 N–H and O–H groups in total. The van der Waals surface area contributed by atoms with Gasteiger partial charge in [-0.05, 0) is 33.8 Å². The molecule has 0 amide bonds. The van der Waals surface area contributed by atoms with Gasteiger partial charge < -0.3 is 0 Å². The molecule has 0 spiro atoms. The van der Waals surface area contributed by atoms with Crippen molar-refractivity contribution in [1.29, 1.82) is 0 Å². The standard InChI is InChI=1S/C12H12ClFN4O2S.C8H10FN3O2S/c1-8(21(19,20)11-15-4-3-5-16-11)12(2,13)10-17-6-9(14)7-18-10;1-5(6(2)15(10,13)14)8-11-3-7(9)4-12-8/h3-8H,1-2H3;3-4H,1-2H3,(H2,10,13,14)/b;6-5+. The number of nitrogens with two attached hydrogens (primary N) is 1. The number of allylic oxidation sites excluding steroid dienone is 2. The fourth-order valence-corrected chi connectivity index (χ4v) is 4.89. The first-order valence-corrected chi connectivity index (χ1v) is 13.4. The number of alkyl halides is 1. The zero-order valence-corrected chi connectivity index (χ0v) is 21.9. The number of sulfone groups is 1. The van der Waals surface area contributed by atoms with E-state index in [0.717, 1.165) is 24.8 Å². The average Bonchev–Trinajstić information content (AvgIpc) is 2.83. The van der Waals surface area contributed by atoms with Crippen LogP contribution in [-0.4, -0.2) is 52.0 Å². The van der Waals surface area contributed by atoms with E-state index in [9.17, 15) is 25.6 Å². The predicted molar refractivity (Wildman–Crippen MR) is 127 cm³/mol. The molecule has 36 heavy (non-hydrogen) atoms. The van der Waals surface area contributed by atoms with Gasteiger partial charge in [0.15, 0.2) is 17.5 Å². The smallest absolute Gasteiger partial charge is 0.236 e. The van der Waals surface area contributed by atoms with E-state index in [1.807, 2.05) is 0 Å². The number of hydrogen-bond donors (Lipinski definition) is 1. The van der Waals surface area contributed by atoms with Gasteiger partial charge in [-0.25, -0.2) is 60.7 Å². The maximum Gasteiger partial charge on any atom is 0.247 e. The van der Waals surface area contributed by atoms with Crippen LogP contribution in [-0.2, 0) is 24.7 Å². The first kappa shape index (κ1) is 29.2. The van der Waals surface area contributed by atoms with Gasteiger partial charge in [0.05, 0.1) is 34.9 Å². The molecule has 0 saturated carbocycles. The van der Waals surface area contributed by atoms with Crippen LogP contribution in [0, 0.1) is 11.6 Å². The second-order valence-corrected chi connectivity index (χ2v) is 12.1. The van der Waals surface area contributed by atoms with Crippen LogP contribution in [0.4, 0.5) is 8.78 Å². The minimum absolute atomic E-state index is 0.0116. The molecular weight excluding hydrogens is 540 g/mol. The van der Waals surface area contributed by atoms with Crippen molar-refractivity contribution in [2.45, 2.75) is 43.0 Å². The highest BCUT2D eigenvalue weighted by Crippen LogP contribution is 2.35. The van der Waals surface area contributed by atoms with Gasteiger partial charge in [0.2, 0.25) is 25.0 Å². The van der Waals surface area contributed by atoms with Crippen molar-refractivity contribution in [3.63, 3.8) is 0 Å². The molecule has 0 fully saturated rings. The Balaban J connectivity index is 0.000000269. The summed E-state index contributed by atoms with van der Waals surface area (Å²) in [5.74, 6) is -1.06. The lowest BCUT2D eigenvalue weighted by Gasteiger charge is -2.26. The van der Waals surface area contributed by atoms with Crippen molar-refractivity contribution in [2.24, 2.45) is 5.14 Å². The molecule has 16 heteroatoms. The topological polar surface area (TPSA) is 172 Å². The first-order valence-electron chi connectivity index (χ1n) is 9.94. The van der Waals surface area contributed by atoms with Gasteiger partial charge in [0.1, 0.15) is 10.7 Å². The first-order chi connectivity index (χ1) is 16.6. The molecule has 3 rings (SSSR count). The Morgan fingerprint density at radius 1 is 0.917 bits per heavy atom. The zero-order chi connectivity index (χ0) is 27.3. The lowest BCUT2D eigenvalue weighted by atomic mass is 10.1. The van der Waals surface area contributed by atoms with Gasteiger partial charge in [0, 0.05) is 18.0 Å². The molecule has 3 aromatic heterocycles. The normalized spacial score (nSPS) is 15.1. The summed E-state index contributed by atoms with van der Waals surface area (Å²) in [4.78, 5) is 20.8. The molecule has 2 atom stereocenters. The number of rotatable bonds is 6. The van der Waals surface area contributed by atoms with Crippen LogP contribution in [0.25, 0.3) is 5.57 Å². The van der Waals surface area contributed by atoms with Crippen molar-refractivity contribution in [3.05, 3.63) is 71.4 Å². The minimum Gasteiger partial charge on any atom is -0.236 e. The molecule has 11 nitrogen and oxygen atoms in total. The van der Waals surface area contributed by atoms with Crippen molar-refractivity contribution >= 4 is 37.0 Å². The lowest BCUT2D eigenvalue weighted by Crippen LogP contribution is -2.38. The van der Waals surface area contributed by atoms with Crippen LogP contribution in [0.3, 0.4) is 0 Å². The molecule has 0 aromatic carbocycles. The van der Waals surface area contributed by atoms with Crippen LogP contribution in [0.1, 0.15) is 39.3 Å². The molecule has 0 aliphatic carbocycles. The van der Waals surface area contributed by atoms with Gasteiger partial charge >= 0.3 is 0 Å². The van der Waals surface area contributed by atoms with E-state index >= 15 is 0 Å². The largest absolute Gasteiger partial charge is 0.247 e. The van der Waals surface area contributed by atoms with Gasteiger partial charge in [-0.1, -0.05) is 0 Å². The minimum atomic E-state index is -3.88. The van der Waals surface area contributed by atoms with Crippen LogP contribution in [0.5, 0.6) is 0 Å². The predicted octanol–water partition coefficient (Wildman–Crippen LogP) is 2.38. The monoisotopic (exact) mass is 561 g/mol. The molecule has 0 bridgehead atoms. The number of hydrogen-bond acceptors (Lipinski definition) is 10. The third-order valence-electron chi connectivity index (χ3n) is 4.99. The molecular formula is C20H22ClF2N7O4S2. The highest BCUT2D eigenvalue weighted by atomic mass is 35.5. The van der Waals surface area contributed by atoms with E-state index in [4.69, 9.17) is 16.7 Å². The Labute approximate surface area is 211 Å². The molecule has 2 unspecified atom stereocenters. The Morgan fingerprint density at radius 2 is 1.36 bits per heavy atom. The summed E-state index contributed by atoms with van der Waals surface area (Å²) in [5.41, 5.74) is 0.303. The Kier molecular flexibility index (Phi) is 9.23. The van der Waals surface area contributed by atoms with E-state index in [-0.39, 0.29) is 21.7 Å². The number of aromatic nitrogens is 6. The van der Waals surface area contributed by atoms with Gasteiger partial charge in [0.25, 0.3) is 0 Å². The number of halogens is 3. The van der Waals surface area contributed by atoms with Crippen molar-refractivity contribution in [1.82, 2.24) is 29.9 Å². The van der Waals surface area contributed by atoms with E-state index < -0.39 is 41.6 Å². The third kappa shape index (κ3) is 7.02. The SMILES string of the molecule is C/C(=C(/C)S(N)(=O)=O)c1ncc(F)cn1.CC(C(C)(Cl)c1ncc(F)cn1)S(=O)(=O)c1ncccn1. The molecule has 0 saturated heterocycles. The summed E-state index contributed by atoms with van der Waals surface area (Å²) >= 11 is 6.32. The lowest BCUT2D eigenvalue weighted by molar-refractivity contribution is 0.528. The average molecular weight is 562 g/mol. The van der Waals surface area contributed by atoms with Crippen molar-refractivity contribution in [3.8, 4) is 0 Å². The third-order valence-corrected chi connectivity index (χ3v) is 8.90. The summed E-state index contributed by atoms with van der Waals surface area (Å²) in [5, 5.41) is 3.49.